The van der Waals surface area contributed by atoms with Gasteiger partial charge < -0.3 is 10.2 Å². The van der Waals surface area contributed by atoms with Crippen molar-refractivity contribution < 1.29 is 4.79 Å². The second-order valence-corrected chi connectivity index (χ2v) is 5.36. The predicted molar refractivity (Wildman–Crippen MR) is 69.4 cm³/mol. The van der Waals surface area contributed by atoms with Gasteiger partial charge in [0, 0.05) is 36.6 Å². The summed E-state index contributed by atoms with van der Waals surface area (Å²) in [5.74, 6) is 0.794. The number of aryl methyl sites for hydroxylation is 1. The molecule has 2 aliphatic heterocycles. The van der Waals surface area contributed by atoms with Crippen molar-refractivity contribution in [3.05, 3.63) is 29.6 Å². The van der Waals surface area contributed by atoms with Crippen LogP contribution in [0.5, 0.6) is 0 Å². The number of amides is 1. The molecule has 2 fully saturated rings. The highest BCUT2D eigenvalue weighted by Gasteiger charge is 2.36. The Morgan fingerprint density at radius 1 is 1.50 bits per heavy atom. The van der Waals surface area contributed by atoms with Gasteiger partial charge in [0.15, 0.2) is 0 Å². The number of carbonyl (C=O) groups excluding carboxylic acids is 1. The molecule has 0 aromatic carbocycles. The second kappa shape index (κ2) is 4.69. The Morgan fingerprint density at radius 3 is 3.17 bits per heavy atom. The van der Waals surface area contributed by atoms with Crippen molar-refractivity contribution in [2.24, 2.45) is 5.92 Å². The first-order valence-corrected chi connectivity index (χ1v) is 6.69. The van der Waals surface area contributed by atoms with E-state index in [0.717, 1.165) is 30.9 Å². The number of aromatic nitrogens is 1. The first-order valence-electron chi connectivity index (χ1n) is 6.69. The number of carbonyl (C=O) groups is 1. The van der Waals surface area contributed by atoms with Crippen LogP contribution in [0.3, 0.4) is 0 Å². The first kappa shape index (κ1) is 11.7. The second-order valence-electron chi connectivity index (χ2n) is 5.36. The number of piperidine rings is 1. The average Bonchev–Trinajstić information content (AvgIpc) is 2.81. The van der Waals surface area contributed by atoms with Crippen LogP contribution >= 0.6 is 0 Å². The summed E-state index contributed by atoms with van der Waals surface area (Å²) in [4.78, 5) is 18.5. The predicted octanol–water partition coefficient (Wildman–Crippen LogP) is 1.21. The van der Waals surface area contributed by atoms with E-state index >= 15 is 0 Å². The van der Waals surface area contributed by atoms with Crippen LogP contribution < -0.4 is 5.32 Å². The smallest absolute Gasteiger partial charge is 0.254 e. The van der Waals surface area contributed by atoms with Gasteiger partial charge in [0.25, 0.3) is 5.91 Å². The van der Waals surface area contributed by atoms with Crippen molar-refractivity contribution in [1.29, 1.82) is 0 Å². The maximum absolute atomic E-state index is 12.4. The van der Waals surface area contributed by atoms with Crippen molar-refractivity contribution in [3.8, 4) is 0 Å². The molecule has 3 rings (SSSR count). The lowest BCUT2D eigenvalue weighted by atomic mass is 9.94. The molecule has 1 amide bonds. The highest BCUT2D eigenvalue weighted by molar-refractivity contribution is 5.94. The largest absolute Gasteiger partial charge is 0.337 e. The van der Waals surface area contributed by atoms with Gasteiger partial charge in [-0.05, 0) is 44.4 Å². The number of pyridine rings is 1. The molecule has 0 saturated carbocycles. The number of likely N-dealkylation sites (tertiary alicyclic amines) is 1. The third-order valence-corrected chi connectivity index (χ3v) is 4.03. The molecule has 2 saturated heterocycles. The Morgan fingerprint density at radius 2 is 2.39 bits per heavy atom. The third-order valence-electron chi connectivity index (χ3n) is 4.03. The minimum Gasteiger partial charge on any atom is -0.337 e. The summed E-state index contributed by atoms with van der Waals surface area (Å²) in [6, 6.07) is 4.19. The zero-order chi connectivity index (χ0) is 12.5. The van der Waals surface area contributed by atoms with Gasteiger partial charge in [-0.1, -0.05) is 0 Å². The molecule has 2 unspecified atom stereocenters. The minimum atomic E-state index is 0.150. The SMILES string of the molecule is Cc1cc(C(=O)N2CC3CCCNC3C2)ccn1. The summed E-state index contributed by atoms with van der Waals surface area (Å²) in [5, 5.41) is 3.52. The Labute approximate surface area is 107 Å². The summed E-state index contributed by atoms with van der Waals surface area (Å²) >= 11 is 0. The van der Waals surface area contributed by atoms with Crippen LogP contribution in [0.4, 0.5) is 0 Å². The monoisotopic (exact) mass is 245 g/mol. The highest BCUT2D eigenvalue weighted by atomic mass is 16.2. The molecule has 4 nitrogen and oxygen atoms in total. The number of hydrogen-bond acceptors (Lipinski definition) is 3. The molecule has 1 aromatic heterocycles. The molecule has 0 aliphatic carbocycles. The lowest BCUT2D eigenvalue weighted by Gasteiger charge is -2.24. The lowest BCUT2D eigenvalue weighted by molar-refractivity contribution is 0.0785. The Hall–Kier alpha value is -1.42. The van der Waals surface area contributed by atoms with Gasteiger partial charge in [0.1, 0.15) is 0 Å². The van der Waals surface area contributed by atoms with E-state index in [1.165, 1.54) is 12.8 Å². The minimum absolute atomic E-state index is 0.150. The standard InChI is InChI=1S/C14H19N3O/c1-10-7-11(4-6-15-10)14(18)17-8-12-3-2-5-16-13(12)9-17/h4,6-7,12-13,16H,2-3,5,8-9H2,1H3. The molecular formula is C14H19N3O. The van der Waals surface area contributed by atoms with Crippen LogP contribution in [0.1, 0.15) is 28.9 Å². The molecule has 0 spiro atoms. The van der Waals surface area contributed by atoms with Gasteiger partial charge in [-0.2, -0.15) is 0 Å². The molecule has 2 aliphatic rings. The van der Waals surface area contributed by atoms with E-state index in [4.69, 9.17) is 0 Å². The van der Waals surface area contributed by atoms with Gasteiger partial charge in [-0.25, -0.2) is 0 Å². The zero-order valence-electron chi connectivity index (χ0n) is 10.7. The molecule has 4 heteroatoms. The molecule has 0 radical (unpaired) electrons. The topological polar surface area (TPSA) is 45.2 Å². The van der Waals surface area contributed by atoms with E-state index in [9.17, 15) is 4.79 Å². The van der Waals surface area contributed by atoms with Crippen LogP contribution in [0.2, 0.25) is 0 Å². The van der Waals surface area contributed by atoms with E-state index in [1.54, 1.807) is 6.20 Å². The third kappa shape index (κ3) is 2.12. The quantitative estimate of drug-likeness (QED) is 0.809. The van der Waals surface area contributed by atoms with Crippen LogP contribution in [0.15, 0.2) is 18.3 Å². The van der Waals surface area contributed by atoms with Gasteiger partial charge >= 0.3 is 0 Å². The maximum atomic E-state index is 12.4. The molecule has 18 heavy (non-hydrogen) atoms. The number of nitrogens with one attached hydrogen (secondary N) is 1. The van der Waals surface area contributed by atoms with Crippen molar-refractivity contribution in [2.45, 2.75) is 25.8 Å². The summed E-state index contributed by atoms with van der Waals surface area (Å²) in [6.45, 7) is 4.77. The van der Waals surface area contributed by atoms with Gasteiger partial charge in [-0.3, -0.25) is 9.78 Å². The number of fused-ring (bicyclic) bond motifs is 1. The fraction of sp³-hybridized carbons (Fsp3) is 0.571. The summed E-state index contributed by atoms with van der Waals surface area (Å²) in [6.07, 6.45) is 4.19. The fourth-order valence-electron chi connectivity index (χ4n) is 3.07. The van der Waals surface area contributed by atoms with Crippen molar-refractivity contribution >= 4 is 5.91 Å². The van der Waals surface area contributed by atoms with Crippen molar-refractivity contribution in [3.63, 3.8) is 0 Å². The molecule has 1 N–H and O–H groups in total. The average molecular weight is 245 g/mol. The Balaban J connectivity index is 1.74. The van der Waals surface area contributed by atoms with Crippen molar-refractivity contribution in [1.82, 2.24) is 15.2 Å². The van der Waals surface area contributed by atoms with E-state index in [-0.39, 0.29) is 5.91 Å². The maximum Gasteiger partial charge on any atom is 0.254 e. The summed E-state index contributed by atoms with van der Waals surface area (Å²) in [7, 11) is 0. The van der Waals surface area contributed by atoms with Crippen molar-refractivity contribution in [2.75, 3.05) is 19.6 Å². The first-order chi connectivity index (χ1) is 8.74. The number of hydrogen-bond donors (Lipinski definition) is 1. The number of rotatable bonds is 1. The summed E-state index contributed by atoms with van der Waals surface area (Å²) in [5.41, 5.74) is 1.66. The molecule has 1 aromatic rings. The van der Waals surface area contributed by atoms with Gasteiger partial charge in [0.05, 0.1) is 0 Å². The van der Waals surface area contributed by atoms with E-state index in [2.05, 4.69) is 10.3 Å². The van der Waals surface area contributed by atoms with Gasteiger partial charge in [0.2, 0.25) is 0 Å². The fourth-order valence-corrected chi connectivity index (χ4v) is 3.07. The molecule has 3 heterocycles. The van der Waals surface area contributed by atoms with E-state index in [1.807, 2.05) is 24.0 Å². The van der Waals surface area contributed by atoms with E-state index in [0.29, 0.717) is 12.0 Å². The summed E-state index contributed by atoms with van der Waals surface area (Å²) < 4.78 is 0. The molecular weight excluding hydrogens is 226 g/mol. The molecule has 96 valence electrons. The molecule has 0 bridgehead atoms. The Kier molecular flexibility index (Phi) is 3.04. The Bertz CT molecular complexity index is 446. The van der Waals surface area contributed by atoms with Crippen LogP contribution in [-0.2, 0) is 0 Å². The highest BCUT2D eigenvalue weighted by Crippen LogP contribution is 2.25. The van der Waals surface area contributed by atoms with Crippen LogP contribution in [0.25, 0.3) is 0 Å². The van der Waals surface area contributed by atoms with E-state index < -0.39 is 0 Å². The molecule has 2 atom stereocenters. The normalized spacial score (nSPS) is 27.1. The van der Waals surface area contributed by atoms with Crippen LogP contribution in [-0.4, -0.2) is 41.5 Å². The van der Waals surface area contributed by atoms with Gasteiger partial charge in [-0.15, -0.1) is 0 Å². The lowest BCUT2D eigenvalue weighted by Crippen LogP contribution is -2.41. The zero-order valence-corrected chi connectivity index (χ0v) is 10.7. The number of nitrogens with zero attached hydrogens (tertiary/aromatic N) is 2. The van der Waals surface area contributed by atoms with Crippen LogP contribution in [0, 0.1) is 12.8 Å².